The molecule has 35 valence electrons. The van der Waals surface area contributed by atoms with Crippen LogP contribution in [-0.4, -0.2) is 10.0 Å². The molecule has 0 bridgehead atoms. The highest BCUT2D eigenvalue weighted by Crippen LogP contribution is 2.14. The summed E-state index contributed by atoms with van der Waals surface area (Å²) in [7, 11) is 0. The molecule has 0 nitrogen and oxygen atoms in total. The van der Waals surface area contributed by atoms with Crippen LogP contribution in [0.2, 0.25) is 0 Å². The normalized spacial score (nSPS) is 11.3. The molecule has 3 heteroatoms. The Morgan fingerprint density at radius 2 is 1.83 bits per heavy atom. The predicted octanol–water partition coefficient (Wildman–Crippen LogP) is 2.02. The van der Waals surface area contributed by atoms with Crippen LogP contribution in [0.4, 0.5) is 0 Å². The summed E-state index contributed by atoms with van der Waals surface area (Å²) in [4.78, 5) is 0. The Morgan fingerprint density at radius 3 is 1.83 bits per heavy atom. The number of hydrogen-bond donors (Lipinski definition) is 0. The third-order valence-electron chi connectivity index (χ3n) is 0.259. The van der Waals surface area contributed by atoms with Crippen molar-refractivity contribution in [3.8, 4) is 0 Å². The van der Waals surface area contributed by atoms with Gasteiger partial charge in [0.2, 0.25) is 0 Å². The minimum absolute atomic E-state index is 0.152. The van der Waals surface area contributed by atoms with E-state index in [2.05, 4.69) is 22.6 Å². The highest BCUT2D eigenvalue weighted by atomic mass is 127. The van der Waals surface area contributed by atoms with E-state index in [0.717, 1.165) is 0 Å². The van der Waals surface area contributed by atoms with E-state index in [0.29, 0.717) is 0 Å². The van der Waals surface area contributed by atoms with Crippen molar-refractivity contribution >= 4 is 40.7 Å². The van der Waals surface area contributed by atoms with Crippen LogP contribution in [0.3, 0.4) is 0 Å². The van der Waals surface area contributed by atoms with Crippen LogP contribution in [0.15, 0.2) is 0 Å². The van der Waals surface area contributed by atoms with Gasteiger partial charge in [-0.3, -0.25) is 0 Å². The standard InChI is InChI=1S/C3H6BClI/c1-3(2,6)4-5/h1-2H3. The van der Waals surface area contributed by atoms with Crippen molar-refractivity contribution in [3.05, 3.63) is 0 Å². The lowest BCUT2D eigenvalue weighted by Crippen LogP contribution is -2.13. The summed E-state index contributed by atoms with van der Waals surface area (Å²) in [6.45, 7) is 5.73. The fourth-order valence-corrected chi connectivity index (χ4v) is 0. The zero-order valence-electron chi connectivity index (χ0n) is 3.83. The summed E-state index contributed by atoms with van der Waals surface area (Å²) in [5, 5.41) is 0. The first-order chi connectivity index (χ1) is 2.56. The molecule has 0 unspecified atom stereocenters. The Kier molecular flexibility index (Phi) is 2.84. The first-order valence-corrected chi connectivity index (χ1v) is 3.21. The van der Waals surface area contributed by atoms with Crippen molar-refractivity contribution in [2.24, 2.45) is 0 Å². The Hall–Kier alpha value is 1.08. The van der Waals surface area contributed by atoms with Gasteiger partial charge in [0.1, 0.15) is 0 Å². The van der Waals surface area contributed by atoms with Gasteiger partial charge in [-0.25, -0.2) is 11.5 Å². The van der Waals surface area contributed by atoms with E-state index in [1.807, 2.05) is 13.8 Å². The van der Waals surface area contributed by atoms with Gasteiger partial charge in [0, 0.05) is 3.32 Å². The second-order valence-electron chi connectivity index (χ2n) is 1.67. The van der Waals surface area contributed by atoms with Crippen molar-refractivity contribution in [1.29, 1.82) is 0 Å². The number of halogens is 2. The Balaban J connectivity index is 3.17. The average molecular weight is 215 g/mol. The Morgan fingerprint density at radius 1 is 1.67 bits per heavy atom. The Labute approximate surface area is 57.9 Å². The zero-order valence-corrected chi connectivity index (χ0v) is 6.75. The molecular formula is C3H6BClI. The maximum atomic E-state index is 5.35. The minimum Gasteiger partial charge on any atom is -0.203 e. The van der Waals surface area contributed by atoms with E-state index in [9.17, 15) is 0 Å². The molecule has 0 aromatic heterocycles. The molecule has 6 heavy (non-hydrogen) atoms. The summed E-state index contributed by atoms with van der Waals surface area (Å²) < 4.78 is 0.152. The quantitative estimate of drug-likeness (QED) is 0.356. The van der Waals surface area contributed by atoms with E-state index in [4.69, 9.17) is 11.5 Å². The molecule has 0 aromatic rings. The van der Waals surface area contributed by atoms with Gasteiger partial charge in [-0.05, 0) is 0 Å². The third kappa shape index (κ3) is 5.08. The molecule has 0 heterocycles. The summed E-state index contributed by atoms with van der Waals surface area (Å²) in [6, 6.07) is 0. The van der Waals surface area contributed by atoms with Crippen LogP contribution in [0.1, 0.15) is 13.8 Å². The molecule has 0 aromatic carbocycles. The lowest BCUT2D eigenvalue weighted by molar-refractivity contribution is 1.05. The van der Waals surface area contributed by atoms with Gasteiger partial charge < -0.3 is 0 Å². The molecule has 0 rings (SSSR count). The largest absolute Gasteiger partial charge is 0.255 e. The molecule has 0 spiro atoms. The highest BCUT2D eigenvalue weighted by molar-refractivity contribution is 14.1. The second kappa shape index (κ2) is 2.41. The minimum atomic E-state index is 0.152. The van der Waals surface area contributed by atoms with Crippen LogP contribution in [0.25, 0.3) is 0 Å². The zero-order chi connectivity index (χ0) is 5.21. The van der Waals surface area contributed by atoms with Crippen molar-refractivity contribution in [2.45, 2.75) is 17.2 Å². The fraction of sp³-hybridized carbons (Fsp3) is 1.00. The molecular weight excluding hydrogens is 209 g/mol. The lowest BCUT2D eigenvalue weighted by Gasteiger charge is -2.06. The van der Waals surface area contributed by atoms with Crippen LogP contribution < -0.4 is 0 Å². The van der Waals surface area contributed by atoms with Gasteiger partial charge in [0.15, 0.2) is 0 Å². The van der Waals surface area contributed by atoms with Gasteiger partial charge in [0.25, 0.3) is 6.69 Å². The molecule has 0 N–H and O–H groups in total. The van der Waals surface area contributed by atoms with E-state index in [1.165, 1.54) is 0 Å². The first kappa shape index (κ1) is 7.08. The molecule has 0 amide bonds. The third-order valence-corrected chi connectivity index (χ3v) is 1.48. The maximum absolute atomic E-state index is 5.35. The predicted molar refractivity (Wildman–Crippen MR) is 39.7 cm³/mol. The van der Waals surface area contributed by atoms with Crippen molar-refractivity contribution in [1.82, 2.24) is 0 Å². The lowest BCUT2D eigenvalue weighted by atomic mass is 9.90. The van der Waals surface area contributed by atoms with Crippen molar-refractivity contribution < 1.29 is 0 Å². The number of hydrogen-bond acceptors (Lipinski definition) is 0. The fourth-order valence-electron chi connectivity index (χ4n) is 0. The van der Waals surface area contributed by atoms with Crippen LogP contribution in [0.5, 0.6) is 0 Å². The van der Waals surface area contributed by atoms with E-state index in [1.54, 1.807) is 6.69 Å². The summed E-state index contributed by atoms with van der Waals surface area (Å²) in [5.74, 6) is 0. The van der Waals surface area contributed by atoms with Gasteiger partial charge in [-0.1, -0.05) is 36.4 Å². The molecule has 0 fully saturated rings. The molecule has 0 saturated heterocycles. The van der Waals surface area contributed by atoms with E-state index >= 15 is 0 Å². The number of rotatable bonds is 1. The monoisotopic (exact) mass is 215 g/mol. The van der Waals surface area contributed by atoms with Crippen molar-refractivity contribution in [2.75, 3.05) is 0 Å². The van der Waals surface area contributed by atoms with Gasteiger partial charge in [-0.2, -0.15) is 0 Å². The van der Waals surface area contributed by atoms with E-state index < -0.39 is 0 Å². The molecule has 0 saturated carbocycles. The average Bonchev–Trinajstić information content (AvgIpc) is 1.35. The summed E-state index contributed by atoms with van der Waals surface area (Å²) >= 11 is 7.60. The van der Waals surface area contributed by atoms with Crippen LogP contribution in [0, 0.1) is 0 Å². The molecule has 1 radical (unpaired) electrons. The van der Waals surface area contributed by atoms with Gasteiger partial charge >= 0.3 is 0 Å². The topological polar surface area (TPSA) is 0 Å². The van der Waals surface area contributed by atoms with Crippen LogP contribution in [-0.2, 0) is 0 Å². The smallest absolute Gasteiger partial charge is 0.203 e. The molecule has 0 atom stereocenters. The SMILES string of the molecule is CC(C)(I)[B]Cl. The Bertz CT molecular complexity index is 40.5. The summed E-state index contributed by atoms with van der Waals surface area (Å²) in [6.07, 6.45) is 0. The molecule has 0 aliphatic heterocycles. The van der Waals surface area contributed by atoms with Crippen molar-refractivity contribution in [3.63, 3.8) is 0 Å². The number of alkyl halides is 1. The van der Waals surface area contributed by atoms with Crippen LogP contribution >= 0.6 is 34.1 Å². The van der Waals surface area contributed by atoms with Gasteiger partial charge in [0.05, 0.1) is 0 Å². The second-order valence-corrected chi connectivity index (χ2v) is 4.67. The first-order valence-electron chi connectivity index (χ1n) is 1.70. The molecule has 0 aliphatic rings. The van der Waals surface area contributed by atoms with E-state index in [-0.39, 0.29) is 3.32 Å². The highest BCUT2D eigenvalue weighted by Gasteiger charge is 2.10. The summed E-state index contributed by atoms with van der Waals surface area (Å²) in [5.41, 5.74) is 0. The van der Waals surface area contributed by atoms with Gasteiger partial charge in [-0.15, -0.1) is 0 Å². The maximum Gasteiger partial charge on any atom is 0.255 e. The molecule has 0 aliphatic carbocycles.